The summed E-state index contributed by atoms with van der Waals surface area (Å²) in [6, 6.07) is 9.98. The van der Waals surface area contributed by atoms with Gasteiger partial charge in [0.1, 0.15) is 24.3 Å². The van der Waals surface area contributed by atoms with Crippen LogP contribution < -0.4 is 15.0 Å². The number of aromatic nitrogens is 4. The maximum Gasteiger partial charge on any atom is 0.162 e. The van der Waals surface area contributed by atoms with E-state index in [0.29, 0.717) is 24.2 Å². The molecule has 0 saturated carbocycles. The molecule has 9 nitrogen and oxygen atoms in total. The lowest BCUT2D eigenvalue weighted by Gasteiger charge is -2.32. The molecule has 170 valence electrons. The van der Waals surface area contributed by atoms with Crippen molar-refractivity contribution in [3.05, 3.63) is 42.9 Å². The quantitative estimate of drug-likeness (QED) is 0.466. The van der Waals surface area contributed by atoms with Crippen molar-refractivity contribution in [2.45, 2.75) is 25.0 Å². The fourth-order valence-electron chi connectivity index (χ4n) is 3.75. The Hall–Kier alpha value is -3.01. The second-order valence-electron chi connectivity index (χ2n) is 7.91. The van der Waals surface area contributed by atoms with Gasteiger partial charge < -0.3 is 29.8 Å². The lowest BCUT2D eigenvalue weighted by molar-refractivity contribution is 0.0853. The average molecular weight is 439 g/mol. The van der Waals surface area contributed by atoms with Crippen LogP contribution in [-0.4, -0.2) is 77.6 Å². The molecule has 0 amide bonds. The molecule has 1 saturated heterocycles. The third kappa shape index (κ3) is 5.42. The molecule has 2 aromatic heterocycles. The number of anilines is 1. The number of nitrogens with one attached hydrogen (secondary N) is 2. The fourth-order valence-corrected chi connectivity index (χ4v) is 3.75. The third-order valence-corrected chi connectivity index (χ3v) is 5.56. The first kappa shape index (κ1) is 22.2. The van der Waals surface area contributed by atoms with Crippen LogP contribution in [0.5, 0.6) is 5.75 Å². The van der Waals surface area contributed by atoms with Crippen LogP contribution in [0.2, 0.25) is 0 Å². The molecule has 1 aromatic carbocycles. The fraction of sp³-hybridized carbons (Fsp3) is 0.435. The van der Waals surface area contributed by atoms with E-state index >= 15 is 0 Å². The van der Waals surface area contributed by atoms with E-state index in [9.17, 15) is 5.11 Å². The van der Waals surface area contributed by atoms with Crippen molar-refractivity contribution in [3.8, 4) is 28.5 Å². The maximum absolute atomic E-state index is 9.92. The molecular weight excluding hydrogens is 408 g/mol. The van der Waals surface area contributed by atoms with E-state index in [4.69, 9.17) is 19.4 Å². The zero-order valence-electron chi connectivity index (χ0n) is 18.5. The molecule has 1 unspecified atom stereocenters. The number of hydrogen-bond acceptors (Lipinski definition) is 8. The van der Waals surface area contributed by atoms with E-state index < -0.39 is 6.10 Å². The van der Waals surface area contributed by atoms with Crippen LogP contribution in [0.15, 0.2) is 42.9 Å². The van der Waals surface area contributed by atoms with Gasteiger partial charge in [0.15, 0.2) is 5.82 Å². The number of benzene rings is 1. The number of nitrogens with zero attached hydrogens (tertiary/aromatic N) is 4. The van der Waals surface area contributed by atoms with Gasteiger partial charge in [-0.25, -0.2) is 15.0 Å². The summed E-state index contributed by atoms with van der Waals surface area (Å²) in [7, 11) is 3.87. The van der Waals surface area contributed by atoms with Gasteiger partial charge in [0.25, 0.3) is 0 Å². The van der Waals surface area contributed by atoms with Gasteiger partial charge in [-0.05, 0) is 32.0 Å². The van der Waals surface area contributed by atoms with Gasteiger partial charge in [0.2, 0.25) is 0 Å². The number of imidazole rings is 1. The summed E-state index contributed by atoms with van der Waals surface area (Å²) in [4.78, 5) is 19.2. The molecule has 3 heterocycles. The van der Waals surface area contributed by atoms with Gasteiger partial charge in [0.05, 0.1) is 23.9 Å². The molecule has 1 fully saturated rings. The molecule has 0 aliphatic carbocycles. The number of likely N-dealkylation sites (N-methyl/N-ethyl adjacent to an activating group) is 1. The highest BCUT2D eigenvalue weighted by Gasteiger charge is 2.21. The van der Waals surface area contributed by atoms with Gasteiger partial charge >= 0.3 is 0 Å². The zero-order chi connectivity index (χ0) is 22.3. The first-order chi connectivity index (χ1) is 15.6. The lowest BCUT2D eigenvalue weighted by Crippen LogP contribution is -2.37. The molecule has 3 aromatic rings. The minimum atomic E-state index is -0.580. The maximum atomic E-state index is 9.92. The Labute approximate surface area is 187 Å². The van der Waals surface area contributed by atoms with Crippen LogP contribution in [-0.2, 0) is 4.74 Å². The van der Waals surface area contributed by atoms with Gasteiger partial charge in [-0.1, -0.05) is 12.1 Å². The van der Waals surface area contributed by atoms with Crippen LogP contribution in [0, 0.1) is 0 Å². The molecule has 1 aliphatic heterocycles. The van der Waals surface area contributed by atoms with E-state index in [-0.39, 0.29) is 6.61 Å². The number of aliphatic hydroxyl groups is 1. The molecule has 4 rings (SSSR count). The van der Waals surface area contributed by atoms with Gasteiger partial charge in [-0.3, -0.25) is 0 Å². The third-order valence-electron chi connectivity index (χ3n) is 5.56. The van der Waals surface area contributed by atoms with E-state index in [1.54, 1.807) is 19.6 Å². The standard InChI is InChI=1S/C23H30N6O3/c1-24-12-18(30)14-32-19-5-3-4-16(10-19)23-27-20(21-13-25-15-26-21)11-22(28-23)29(2)17-6-8-31-9-7-17/h3-5,10-11,13,15,17-18,24,30H,6-9,12,14H2,1-2H3,(H,25,26). The normalized spacial score (nSPS) is 15.5. The monoisotopic (exact) mass is 438 g/mol. The SMILES string of the molecule is CNCC(O)COc1cccc(-c2nc(-c3cnc[nH]3)cc(N(C)C3CCOCC3)n2)c1. The molecule has 3 N–H and O–H groups in total. The molecule has 0 spiro atoms. The largest absolute Gasteiger partial charge is 0.491 e. The molecule has 1 atom stereocenters. The minimum absolute atomic E-state index is 0.205. The summed E-state index contributed by atoms with van der Waals surface area (Å²) >= 11 is 0. The minimum Gasteiger partial charge on any atom is -0.491 e. The van der Waals surface area contributed by atoms with E-state index in [1.807, 2.05) is 30.3 Å². The Kier molecular flexibility index (Phi) is 7.31. The van der Waals surface area contributed by atoms with Crippen LogP contribution in [0.1, 0.15) is 12.8 Å². The highest BCUT2D eigenvalue weighted by atomic mass is 16.5. The highest BCUT2D eigenvalue weighted by Crippen LogP contribution is 2.28. The van der Waals surface area contributed by atoms with Crippen molar-refractivity contribution in [1.82, 2.24) is 25.3 Å². The summed E-state index contributed by atoms with van der Waals surface area (Å²) in [5.41, 5.74) is 2.45. The van der Waals surface area contributed by atoms with Crippen molar-refractivity contribution in [2.75, 3.05) is 45.4 Å². The number of aliphatic hydroxyl groups excluding tert-OH is 1. The van der Waals surface area contributed by atoms with Crippen LogP contribution >= 0.6 is 0 Å². The van der Waals surface area contributed by atoms with Gasteiger partial charge in [-0.2, -0.15) is 0 Å². The van der Waals surface area contributed by atoms with E-state index in [2.05, 4.69) is 27.2 Å². The second kappa shape index (κ2) is 10.5. The Morgan fingerprint density at radius 1 is 1.28 bits per heavy atom. The molecular formula is C23H30N6O3. The number of rotatable bonds is 9. The zero-order valence-corrected chi connectivity index (χ0v) is 18.5. The van der Waals surface area contributed by atoms with Crippen molar-refractivity contribution < 1.29 is 14.6 Å². The Morgan fingerprint density at radius 2 is 2.12 bits per heavy atom. The summed E-state index contributed by atoms with van der Waals surface area (Å²) in [6.45, 7) is 2.20. The number of H-pyrrole nitrogens is 1. The van der Waals surface area contributed by atoms with Crippen LogP contribution in [0.25, 0.3) is 22.8 Å². The van der Waals surface area contributed by atoms with Gasteiger partial charge in [0, 0.05) is 44.5 Å². The van der Waals surface area contributed by atoms with Crippen molar-refractivity contribution in [2.24, 2.45) is 0 Å². The van der Waals surface area contributed by atoms with Crippen molar-refractivity contribution in [3.63, 3.8) is 0 Å². The summed E-state index contributed by atoms with van der Waals surface area (Å²) in [5, 5.41) is 12.9. The smallest absolute Gasteiger partial charge is 0.162 e. The summed E-state index contributed by atoms with van der Waals surface area (Å²) in [6.07, 6.45) is 4.75. The number of hydrogen-bond donors (Lipinski definition) is 3. The van der Waals surface area contributed by atoms with Crippen molar-refractivity contribution in [1.29, 1.82) is 0 Å². The predicted molar refractivity (Wildman–Crippen MR) is 123 cm³/mol. The first-order valence-electron chi connectivity index (χ1n) is 10.9. The summed E-state index contributed by atoms with van der Waals surface area (Å²) < 4.78 is 11.3. The number of ether oxygens (including phenoxy) is 2. The molecule has 0 radical (unpaired) electrons. The summed E-state index contributed by atoms with van der Waals surface area (Å²) in [5.74, 6) is 2.11. The van der Waals surface area contributed by atoms with Crippen LogP contribution in [0.4, 0.5) is 5.82 Å². The molecule has 0 bridgehead atoms. The van der Waals surface area contributed by atoms with Crippen LogP contribution in [0.3, 0.4) is 0 Å². The Balaban J connectivity index is 1.64. The predicted octanol–water partition coefficient (Wildman–Crippen LogP) is 2.11. The Morgan fingerprint density at radius 3 is 2.88 bits per heavy atom. The Bertz CT molecular complexity index is 991. The average Bonchev–Trinajstić information content (AvgIpc) is 3.38. The molecule has 9 heteroatoms. The highest BCUT2D eigenvalue weighted by molar-refractivity contribution is 5.66. The molecule has 1 aliphatic rings. The second-order valence-corrected chi connectivity index (χ2v) is 7.91. The van der Waals surface area contributed by atoms with Crippen molar-refractivity contribution >= 4 is 5.82 Å². The van der Waals surface area contributed by atoms with E-state index in [0.717, 1.165) is 48.8 Å². The molecule has 32 heavy (non-hydrogen) atoms. The topological polar surface area (TPSA) is 108 Å². The van der Waals surface area contributed by atoms with Gasteiger partial charge in [-0.15, -0.1) is 0 Å². The lowest BCUT2D eigenvalue weighted by atomic mass is 10.1. The van der Waals surface area contributed by atoms with E-state index in [1.165, 1.54) is 0 Å². The first-order valence-corrected chi connectivity index (χ1v) is 10.9. The number of aromatic amines is 1.